The Hall–Kier alpha value is -4.71. The van der Waals surface area contributed by atoms with Gasteiger partial charge in [0, 0.05) is 20.5 Å². The molecule has 67 heavy (non-hydrogen) atoms. The van der Waals surface area contributed by atoms with Gasteiger partial charge in [-0.1, -0.05) is 173 Å². The van der Waals surface area contributed by atoms with E-state index in [1.54, 1.807) is 30.0 Å². The van der Waals surface area contributed by atoms with E-state index in [-0.39, 0.29) is 38.6 Å². The summed E-state index contributed by atoms with van der Waals surface area (Å²) in [6, 6.07) is 31.9. The molecule has 0 fully saturated rings. The summed E-state index contributed by atoms with van der Waals surface area (Å²) in [7, 11) is 0. The monoisotopic (exact) mass is 1000 g/mol. The number of amides is 1. The molecule has 0 aliphatic rings. The quantitative estimate of drug-likeness (QED) is 0.0413. The Labute approximate surface area is 419 Å². The lowest BCUT2D eigenvalue weighted by atomic mass is 9.82. The Morgan fingerprint density at radius 3 is 1.96 bits per heavy atom. The van der Waals surface area contributed by atoms with E-state index in [4.69, 9.17) is 51.1 Å². The van der Waals surface area contributed by atoms with Gasteiger partial charge in [-0.15, -0.1) is 5.11 Å². The molecule has 6 rings (SSSR count). The Morgan fingerprint density at radius 1 is 0.746 bits per heavy atom. The van der Waals surface area contributed by atoms with Crippen molar-refractivity contribution in [3.63, 3.8) is 0 Å². The number of aromatic nitrogens is 2. The highest BCUT2D eigenvalue weighted by Gasteiger charge is 2.24. The topological polar surface area (TPSA) is 113 Å². The lowest BCUT2D eigenvalue weighted by molar-refractivity contribution is -0.123. The maximum absolute atomic E-state index is 14.2. The van der Waals surface area contributed by atoms with Crippen LogP contribution < -0.4 is 20.9 Å². The molecular weight excluding hydrogens is 943 g/mol. The number of halogens is 4. The van der Waals surface area contributed by atoms with Crippen LogP contribution in [0.2, 0.25) is 20.1 Å². The van der Waals surface area contributed by atoms with Crippen molar-refractivity contribution in [3.8, 4) is 11.4 Å². The van der Waals surface area contributed by atoms with E-state index in [0.717, 1.165) is 35.5 Å². The normalized spacial score (nSPS) is 12.1. The van der Waals surface area contributed by atoms with Crippen LogP contribution in [0.4, 0.5) is 28.6 Å². The average Bonchev–Trinajstić information content (AvgIpc) is 3.60. The third-order valence-electron chi connectivity index (χ3n) is 11.8. The Bertz CT molecular complexity index is 2620. The predicted molar refractivity (Wildman–Crippen MR) is 281 cm³/mol. The van der Waals surface area contributed by atoms with Crippen LogP contribution in [0.25, 0.3) is 5.69 Å². The van der Waals surface area contributed by atoms with Gasteiger partial charge in [0.25, 0.3) is 5.91 Å². The Morgan fingerprint density at radius 2 is 1.34 bits per heavy atom. The van der Waals surface area contributed by atoms with Gasteiger partial charge in [0.05, 0.1) is 26.4 Å². The molecule has 0 saturated carbocycles. The number of carbonyl (C=O) groups is 1. The number of H-pyrrole nitrogens is 1. The van der Waals surface area contributed by atoms with Gasteiger partial charge in [0.2, 0.25) is 0 Å². The minimum atomic E-state index is -0.743. The van der Waals surface area contributed by atoms with Gasteiger partial charge < -0.3 is 15.4 Å². The molecule has 0 saturated heterocycles. The number of azo groups is 1. The summed E-state index contributed by atoms with van der Waals surface area (Å²) in [6.07, 6.45) is 12.7. The van der Waals surface area contributed by atoms with E-state index < -0.39 is 11.7 Å². The van der Waals surface area contributed by atoms with Crippen molar-refractivity contribution in [2.24, 2.45) is 10.2 Å². The van der Waals surface area contributed by atoms with E-state index in [9.17, 15) is 9.59 Å². The summed E-state index contributed by atoms with van der Waals surface area (Å²) in [5, 5.41) is 19.1. The highest BCUT2D eigenvalue weighted by molar-refractivity contribution is 7.99. The van der Waals surface area contributed by atoms with Crippen molar-refractivity contribution >= 4 is 92.6 Å². The van der Waals surface area contributed by atoms with Crippen LogP contribution >= 0.6 is 58.2 Å². The molecule has 0 bridgehead atoms. The van der Waals surface area contributed by atoms with E-state index in [1.807, 2.05) is 36.4 Å². The lowest BCUT2D eigenvalue weighted by Gasteiger charge is -2.24. The predicted octanol–water partition coefficient (Wildman–Crippen LogP) is 17.8. The number of ether oxygens (including phenoxy) is 1. The van der Waals surface area contributed by atoms with Crippen molar-refractivity contribution in [1.82, 2.24) is 9.78 Å². The van der Waals surface area contributed by atoms with Gasteiger partial charge in [-0.2, -0.15) is 5.11 Å². The molecule has 1 atom stereocenters. The largest absolute Gasteiger partial charge is 0.481 e. The van der Waals surface area contributed by atoms with E-state index in [2.05, 4.69) is 97.0 Å². The first-order chi connectivity index (χ1) is 32.2. The van der Waals surface area contributed by atoms with Crippen LogP contribution in [0.3, 0.4) is 0 Å². The number of hydrogen-bond acceptors (Lipinski definition) is 7. The van der Waals surface area contributed by atoms with Crippen LogP contribution in [0.1, 0.15) is 116 Å². The van der Waals surface area contributed by atoms with Crippen molar-refractivity contribution < 1.29 is 9.53 Å². The summed E-state index contributed by atoms with van der Waals surface area (Å²) in [5.74, 6) is 0.491. The smallest absolute Gasteiger partial charge is 0.301 e. The first-order valence-electron chi connectivity index (χ1n) is 23.2. The molecule has 1 amide bonds. The van der Waals surface area contributed by atoms with Gasteiger partial charge in [-0.3, -0.25) is 14.7 Å². The van der Waals surface area contributed by atoms with Crippen LogP contribution in [0.15, 0.2) is 128 Å². The molecule has 9 nitrogen and oxygen atoms in total. The fourth-order valence-electron chi connectivity index (χ4n) is 7.41. The number of aromatic amines is 1. The summed E-state index contributed by atoms with van der Waals surface area (Å²) in [5.41, 5.74) is 3.28. The zero-order valence-corrected chi connectivity index (χ0v) is 42.7. The Balaban J connectivity index is 1.22. The fourth-order valence-corrected chi connectivity index (χ4v) is 9.38. The molecule has 1 heterocycles. The molecule has 0 radical (unpaired) electrons. The van der Waals surface area contributed by atoms with Crippen LogP contribution in [0.5, 0.6) is 5.75 Å². The lowest BCUT2D eigenvalue weighted by Crippen LogP contribution is -2.33. The minimum Gasteiger partial charge on any atom is -0.481 e. The second kappa shape index (κ2) is 25.1. The molecule has 0 spiro atoms. The first-order valence-corrected chi connectivity index (χ1v) is 25.5. The third kappa shape index (κ3) is 14.9. The van der Waals surface area contributed by atoms with Crippen molar-refractivity contribution in [3.05, 3.63) is 145 Å². The van der Waals surface area contributed by atoms with Crippen molar-refractivity contribution in [2.45, 2.75) is 133 Å². The minimum absolute atomic E-state index is 0.0226. The van der Waals surface area contributed by atoms with Gasteiger partial charge >= 0.3 is 5.56 Å². The Kier molecular flexibility index (Phi) is 19.3. The zero-order valence-electron chi connectivity index (χ0n) is 38.9. The zero-order chi connectivity index (χ0) is 47.9. The van der Waals surface area contributed by atoms with Crippen LogP contribution in [-0.4, -0.2) is 21.8 Å². The number of hydrogen-bond donors (Lipinski definition) is 3. The second-order valence-corrected chi connectivity index (χ2v) is 20.3. The molecular formula is C53H60Cl4N6O3S. The molecule has 5 aromatic carbocycles. The molecule has 14 heteroatoms. The number of anilines is 3. The molecule has 0 aliphatic carbocycles. The summed E-state index contributed by atoms with van der Waals surface area (Å²) in [4.78, 5) is 30.4. The van der Waals surface area contributed by atoms with Gasteiger partial charge in [-0.05, 0) is 116 Å². The molecule has 0 aliphatic heterocycles. The number of carbonyl (C=O) groups excluding carboxylic acids is 1. The SMILES string of the molecule is CCCCCCCCCCCCC(Oc1ccc(C(C)(C)CC)cc1)C(=O)Nc1ccc(Cl)c(Nc2[nH]n(-c3c(Cl)cc(Cl)cc3Cl)c(=O)c2N=Nc2ccc(Sc3ccc(C)cc3)cc2)c1. The molecule has 3 N–H and O–H groups in total. The number of nitrogens with one attached hydrogen (secondary N) is 3. The number of unbranched alkanes of at least 4 members (excludes halogenated alkanes) is 9. The van der Waals surface area contributed by atoms with E-state index in [1.165, 1.54) is 72.9 Å². The van der Waals surface area contributed by atoms with Crippen molar-refractivity contribution in [2.75, 3.05) is 10.6 Å². The van der Waals surface area contributed by atoms with Crippen LogP contribution in [-0.2, 0) is 10.2 Å². The summed E-state index contributed by atoms with van der Waals surface area (Å²) in [6.45, 7) is 10.9. The molecule has 1 aromatic heterocycles. The third-order valence-corrected chi connectivity index (χ3v) is 14.0. The summed E-state index contributed by atoms with van der Waals surface area (Å²) >= 11 is 27.8. The highest BCUT2D eigenvalue weighted by Crippen LogP contribution is 2.37. The van der Waals surface area contributed by atoms with Crippen LogP contribution in [0, 0.1) is 6.92 Å². The number of rotatable bonds is 24. The first kappa shape index (κ1) is 51.7. The second-order valence-electron chi connectivity index (χ2n) is 17.5. The van der Waals surface area contributed by atoms with Gasteiger partial charge in [0.15, 0.2) is 17.6 Å². The van der Waals surface area contributed by atoms with E-state index >= 15 is 0 Å². The maximum Gasteiger partial charge on any atom is 0.301 e. The molecule has 354 valence electrons. The molecule has 6 aromatic rings. The van der Waals surface area contributed by atoms with Gasteiger partial charge in [-0.25, -0.2) is 4.68 Å². The summed E-state index contributed by atoms with van der Waals surface area (Å²) < 4.78 is 7.60. The standard InChI is InChI=1S/C53H60Cl4N6O3S/c1-6-8-9-10-11-12-13-14-15-16-17-47(66-40-25-20-36(21-26-40)53(4,5)7-2)51(64)58-39-24-31-43(55)46(34-39)59-50-48(52(65)63(62-50)49-44(56)32-37(54)33-45(49)57)61-60-38-22-29-42(30-23-38)67-41-27-18-35(3)19-28-41/h18-34,47,59,62H,6-17H2,1-5H3,(H,58,64). The number of aryl methyl sites for hydroxylation is 1. The maximum atomic E-state index is 14.2. The average molecular weight is 1000 g/mol. The molecule has 1 unspecified atom stereocenters. The van der Waals surface area contributed by atoms with E-state index in [0.29, 0.717) is 39.3 Å². The number of benzene rings is 5. The highest BCUT2D eigenvalue weighted by atomic mass is 35.5. The fraction of sp³-hybridized carbons (Fsp3) is 0.358. The number of nitrogens with zero attached hydrogens (tertiary/aromatic N) is 3. The van der Waals surface area contributed by atoms with Crippen molar-refractivity contribution in [1.29, 1.82) is 0 Å². The van der Waals surface area contributed by atoms with Gasteiger partial charge in [0.1, 0.15) is 11.4 Å².